The topological polar surface area (TPSA) is 51.4 Å². The molecule has 7 nitrogen and oxygen atoms in total. The molecule has 8 heteroatoms. The van der Waals surface area contributed by atoms with Crippen molar-refractivity contribution in [3.8, 4) is 0 Å². The molecule has 1 atom stereocenters. The lowest BCUT2D eigenvalue weighted by atomic mass is 9.92. The summed E-state index contributed by atoms with van der Waals surface area (Å²) in [6.45, 7) is 10.8. The molecule has 61 heavy (non-hydrogen) atoms. The molecule has 4 aromatic carbocycles. The molecule has 0 fully saturated rings. The monoisotopic (exact) mass is 816 g/mol. The van der Waals surface area contributed by atoms with Crippen molar-refractivity contribution in [3.05, 3.63) is 224 Å². The summed E-state index contributed by atoms with van der Waals surface area (Å²) in [6.07, 6.45) is 9.56. The zero-order valence-corrected chi connectivity index (χ0v) is 35.8. The smallest absolute Gasteiger partial charge is 0.309 e. The molecule has 0 saturated carbocycles. The standard InChI is InChI=1S/C53H45N4O3P/c1-6-59-61(58,60-7-2)32-36-14-22-40(23-15-36)52-47-30-28-45-50(38-18-10-34(4)11-19-38)43-26-24-41-49(37-16-8-33(3)9-17-37)42-25-27-44-51(39-20-12-35(5)13-21-39)46-29-31-48(52)57(46)53(54(41)43,55(42)44)56(45)47/h8-31H,6-7,32H2,1-5H3/q+2/t53-/m0/s1. The predicted molar refractivity (Wildman–Crippen MR) is 242 cm³/mol. The van der Waals surface area contributed by atoms with E-state index >= 15 is 0 Å². The van der Waals surface area contributed by atoms with Crippen molar-refractivity contribution in [2.75, 3.05) is 13.2 Å². The Balaban J connectivity index is 1.20. The summed E-state index contributed by atoms with van der Waals surface area (Å²) in [5.41, 5.74) is 20.9. The van der Waals surface area contributed by atoms with Gasteiger partial charge in [-0.1, -0.05) is 123 Å². The van der Waals surface area contributed by atoms with Crippen molar-refractivity contribution in [1.29, 1.82) is 0 Å². The molecule has 8 heterocycles. The number of allylic oxidation sites excluding steroid dienone is 4. The summed E-state index contributed by atoms with van der Waals surface area (Å²) in [5, 5.41) is 2.35. The van der Waals surface area contributed by atoms with Gasteiger partial charge < -0.3 is 9.05 Å². The zero-order valence-electron chi connectivity index (χ0n) is 34.9. The molecule has 1 spiro atoms. The SMILES string of the molecule is CCOP(=O)(Cc1ccc(C2=C3C=CC4=[N+]3[C@@]35n6c(ccc62)C(c2ccc(C)cc2)=C2C=CC(=[N+]23)C(c2ccc(C)cc2)=c2ccc(n25)=C4c2ccc(C)cc2)cc1)OCC. The largest absolute Gasteiger partial charge is 0.553 e. The normalized spacial score (nSPS) is 18.9. The van der Waals surface area contributed by atoms with Gasteiger partial charge in [-0.05, 0) is 86.7 Å². The first-order valence-electron chi connectivity index (χ1n) is 21.3. The van der Waals surface area contributed by atoms with E-state index in [4.69, 9.17) is 9.05 Å². The fraction of sp³-hybridized carbons (Fsp3) is 0.170. The Morgan fingerprint density at radius 1 is 0.492 bits per heavy atom. The third-order valence-electron chi connectivity index (χ3n) is 13.1. The Hall–Kier alpha value is -6.37. The van der Waals surface area contributed by atoms with Crippen molar-refractivity contribution < 1.29 is 22.8 Å². The van der Waals surface area contributed by atoms with Crippen LogP contribution in [0.2, 0.25) is 0 Å². The third kappa shape index (κ3) is 4.91. The Bertz CT molecular complexity index is 3300. The lowest BCUT2D eigenvalue weighted by Crippen LogP contribution is -2.71. The molecule has 0 unspecified atom stereocenters. The van der Waals surface area contributed by atoms with E-state index in [1.807, 2.05) is 13.8 Å². The molecule has 0 aliphatic carbocycles. The van der Waals surface area contributed by atoms with Gasteiger partial charge in [0, 0.05) is 24.3 Å². The minimum absolute atomic E-state index is 0.219. The average Bonchev–Trinajstić information content (AvgIpc) is 4.09. The van der Waals surface area contributed by atoms with Crippen LogP contribution in [-0.2, 0) is 25.7 Å². The van der Waals surface area contributed by atoms with Crippen LogP contribution in [0.4, 0.5) is 0 Å². The second-order valence-corrected chi connectivity index (χ2v) is 18.8. The van der Waals surface area contributed by atoms with Gasteiger partial charge in [0.15, 0.2) is 0 Å². The van der Waals surface area contributed by atoms with Gasteiger partial charge in [-0.3, -0.25) is 4.57 Å². The number of aromatic nitrogens is 2. The molecule has 2 aromatic heterocycles. The van der Waals surface area contributed by atoms with E-state index in [0.29, 0.717) is 13.2 Å². The van der Waals surface area contributed by atoms with E-state index in [1.165, 1.54) is 72.2 Å². The van der Waals surface area contributed by atoms with E-state index in [-0.39, 0.29) is 6.16 Å². The van der Waals surface area contributed by atoms with Gasteiger partial charge in [-0.15, -0.1) is 0 Å². The van der Waals surface area contributed by atoms with E-state index in [0.717, 1.165) is 39.5 Å². The van der Waals surface area contributed by atoms with Crippen LogP contribution in [0.15, 0.2) is 157 Å². The summed E-state index contributed by atoms with van der Waals surface area (Å²) < 4.78 is 35.5. The number of hydrogen-bond donors (Lipinski definition) is 0. The van der Waals surface area contributed by atoms with Gasteiger partial charge in [0.25, 0.3) is 0 Å². The number of nitrogens with zero attached hydrogens (tertiary/aromatic N) is 4. The molecular formula is C53H45N4O3P+2. The van der Waals surface area contributed by atoms with Crippen LogP contribution in [0.5, 0.6) is 0 Å². The number of benzene rings is 4. The van der Waals surface area contributed by atoms with Crippen LogP contribution >= 0.6 is 7.60 Å². The van der Waals surface area contributed by atoms with E-state index in [2.05, 4.69) is 185 Å². The second-order valence-electron chi connectivity index (χ2n) is 16.8. The minimum atomic E-state index is -3.28. The quantitative estimate of drug-likeness (QED) is 0.103. The van der Waals surface area contributed by atoms with Gasteiger partial charge in [-0.2, -0.15) is 9.13 Å². The fourth-order valence-corrected chi connectivity index (χ4v) is 12.3. The molecule has 0 saturated heterocycles. The molecule has 0 N–H and O–H groups in total. The number of rotatable bonds is 10. The number of hydrogen-bond acceptors (Lipinski definition) is 3. The maximum absolute atomic E-state index is 13.6. The molecule has 6 aromatic rings. The highest BCUT2D eigenvalue weighted by atomic mass is 31.2. The molecular weight excluding hydrogens is 772 g/mol. The fourth-order valence-electron chi connectivity index (χ4n) is 10.6. The third-order valence-corrected chi connectivity index (χ3v) is 15.1. The number of aryl methyl sites for hydroxylation is 3. The highest BCUT2D eigenvalue weighted by Crippen LogP contribution is 2.54. The van der Waals surface area contributed by atoms with Crippen molar-refractivity contribution in [3.63, 3.8) is 0 Å². The summed E-state index contributed by atoms with van der Waals surface area (Å²) >= 11 is 0. The first-order valence-corrected chi connectivity index (χ1v) is 23.0. The van der Waals surface area contributed by atoms with E-state index < -0.39 is 13.5 Å². The van der Waals surface area contributed by atoms with Gasteiger partial charge in [0.2, 0.25) is 22.8 Å². The van der Waals surface area contributed by atoms with Gasteiger partial charge in [0.1, 0.15) is 0 Å². The summed E-state index contributed by atoms with van der Waals surface area (Å²) in [7, 11) is -3.28. The molecule has 0 radical (unpaired) electrons. The molecule has 298 valence electrons. The molecule has 12 rings (SSSR count). The lowest BCUT2D eigenvalue weighted by Gasteiger charge is -2.41. The van der Waals surface area contributed by atoms with Crippen molar-refractivity contribution in [2.45, 2.75) is 46.7 Å². The minimum Gasteiger partial charge on any atom is -0.309 e. The van der Waals surface area contributed by atoms with Crippen LogP contribution in [0, 0.1) is 20.8 Å². The van der Waals surface area contributed by atoms with Crippen LogP contribution < -0.4 is 10.7 Å². The van der Waals surface area contributed by atoms with Crippen LogP contribution in [0.3, 0.4) is 0 Å². The Kier molecular flexibility index (Phi) is 7.81. The molecule has 0 bridgehead atoms. The second kappa shape index (κ2) is 13.1. The summed E-state index contributed by atoms with van der Waals surface area (Å²) in [5.74, 6) is -0.855. The van der Waals surface area contributed by atoms with Gasteiger partial charge in [-0.25, -0.2) is 0 Å². The van der Waals surface area contributed by atoms with Crippen LogP contribution in [0.25, 0.3) is 22.3 Å². The molecule has 6 aliphatic heterocycles. The Labute approximate surface area is 355 Å². The van der Waals surface area contributed by atoms with Crippen molar-refractivity contribution in [1.82, 2.24) is 9.13 Å². The van der Waals surface area contributed by atoms with Crippen molar-refractivity contribution >= 4 is 41.3 Å². The predicted octanol–water partition coefficient (Wildman–Crippen LogP) is 9.11. The molecule has 0 amide bonds. The van der Waals surface area contributed by atoms with Gasteiger partial charge in [0.05, 0.1) is 63.8 Å². The van der Waals surface area contributed by atoms with Crippen LogP contribution in [-0.4, -0.2) is 42.9 Å². The Morgan fingerprint density at radius 3 is 1.30 bits per heavy atom. The van der Waals surface area contributed by atoms with Crippen LogP contribution in [0.1, 0.15) is 69.7 Å². The molecule has 6 aliphatic rings. The highest BCUT2D eigenvalue weighted by molar-refractivity contribution is 7.53. The summed E-state index contributed by atoms with van der Waals surface area (Å²) in [6, 6.07) is 44.8. The summed E-state index contributed by atoms with van der Waals surface area (Å²) in [4.78, 5) is 0. The maximum Gasteiger partial charge on any atom is 0.553 e. The van der Waals surface area contributed by atoms with Crippen molar-refractivity contribution in [2.24, 2.45) is 0 Å². The van der Waals surface area contributed by atoms with E-state index in [1.54, 1.807) is 0 Å². The highest BCUT2D eigenvalue weighted by Gasteiger charge is 2.72. The van der Waals surface area contributed by atoms with Gasteiger partial charge >= 0.3 is 13.5 Å². The maximum atomic E-state index is 13.6. The Morgan fingerprint density at radius 2 is 0.885 bits per heavy atom. The zero-order chi connectivity index (χ0) is 41.4. The van der Waals surface area contributed by atoms with E-state index in [9.17, 15) is 4.57 Å². The lowest BCUT2D eigenvalue weighted by molar-refractivity contribution is -0.834. The first-order chi connectivity index (χ1) is 29.7. The average molecular weight is 817 g/mol. The first kappa shape index (κ1) is 36.5.